The summed E-state index contributed by atoms with van der Waals surface area (Å²) in [4.78, 5) is 2.55. The molecule has 3 atom stereocenters. The van der Waals surface area contributed by atoms with Gasteiger partial charge in [0.2, 0.25) is 0 Å². The zero-order valence-corrected chi connectivity index (χ0v) is 13.9. The fourth-order valence-electron chi connectivity index (χ4n) is 3.25. The number of likely N-dealkylation sites (N-methyl/N-ethyl adjacent to an activating group) is 1. The van der Waals surface area contributed by atoms with Gasteiger partial charge in [0.15, 0.2) is 0 Å². The fourth-order valence-corrected chi connectivity index (χ4v) is 3.25. The molecule has 0 spiro atoms. The maximum absolute atomic E-state index is 5.64. The van der Waals surface area contributed by atoms with Crippen molar-refractivity contribution in [3.05, 3.63) is 35.4 Å². The molecule has 2 rings (SSSR count). The molecule has 0 amide bonds. The van der Waals surface area contributed by atoms with E-state index in [4.69, 9.17) is 4.74 Å². The van der Waals surface area contributed by atoms with E-state index in [9.17, 15) is 0 Å². The van der Waals surface area contributed by atoms with E-state index < -0.39 is 0 Å². The first-order valence-electron chi connectivity index (χ1n) is 8.19. The first kappa shape index (κ1) is 16.5. The van der Waals surface area contributed by atoms with Crippen LogP contribution in [0, 0.1) is 12.8 Å². The van der Waals surface area contributed by atoms with Crippen molar-refractivity contribution in [3.63, 3.8) is 0 Å². The number of methoxy groups -OCH3 is 1. The van der Waals surface area contributed by atoms with Gasteiger partial charge in [-0.15, -0.1) is 0 Å². The van der Waals surface area contributed by atoms with Crippen LogP contribution in [0.4, 0.5) is 0 Å². The molecule has 1 aliphatic heterocycles. The maximum Gasteiger partial charge on any atom is 0.0724 e. The van der Waals surface area contributed by atoms with E-state index >= 15 is 0 Å². The molecule has 3 nitrogen and oxygen atoms in total. The molecule has 0 saturated carbocycles. The molecule has 1 aromatic rings. The number of nitrogens with one attached hydrogen (secondary N) is 1. The van der Waals surface area contributed by atoms with Crippen molar-refractivity contribution >= 4 is 0 Å². The smallest absolute Gasteiger partial charge is 0.0724 e. The molecule has 3 unspecified atom stereocenters. The third-order valence-electron chi connectivity index (χ3n) is 4.61. The summed E-state index contributed by atoms with van der Waals surface area (Å²) < 4.78 is 5.64. The highest BCUT2D eigenvalue weighted by Gasteiger charge is 2.27. The van der Waals surface area contributed by atoms with Crippen molar-refractivity contribution in [2.24, 2.45) is 5.92 Å². The van der Waals surface area contributed by atoms with E-state index in [1.165, 1.54) is 24.1 Å². The molecule has 0 bridgehead atoms. The highest BCUT2D eigenvalue weighted by Crippen LogP contribution is 2.22. The van der Waals surface area contributed by atoms with Crippen LogP contribution in [-0.2, 0) is 4.74 Å². The van der Waals surface area contributed by atoms with E-state index in [0.29, 0.717) is 18.1 Å². The third-order valence-corrected chi connectivity index (χ3v) is 4.61. The lowest BCUT2D eigenvalue weighted by Gasteiger charge is -2.38. The van der Waals surface area contributed by atoms with Crippen LogP contribution in [0.15, 0.2) is 24.3 Å². The Morgan fingerprint density at radius 2 is 2.24 bits per heavy atom. The van der Waals surface area contributed by atoms with E-state index in [-0.39, 0.29) is 0 Å². The molecule has 1 heterocycles. The summed E-state index contributed by atoms with van der Waals surface area (Å²) in [6.45, 7) is 10.9. The number of benzene rings is 1. The normalized spacial score (nSPS) is 25.0. The van der Waals surface area contributed by atoms with Gasteiger partial charge in [0.25, 0.3) is 0 Å². The Balaban J connectivity index is 2.03. The largest absolute Gasteiger partial charge is 0.380 e. The maximum atomic E-state index is 5.64. The first-order chi connectivity index (χ1) is 10.1. The van der Waals surface area contributed by atoms with Crippen LogP contribution in [0.5, 0.6) is 0 Å². The van der Waals surface area contributed by atoms with Crippen LogP contribution in [0.3, 0.4) is 0 Å². The summed E-state index contributed by atoms with van der Waals surface area (Å²) in [6, 6.07) is 9.26. The van der Waals surface area contributed by atoms with Gasteiger partial charge in [0, 0.05) is 26.2 Å². The van der Waals surface area contributed by atoms with Gasteiger partial charge in [-0.3, -0.25) is 4.90 Å². The number of likely N-dealkylation sites (tertiary alicyclic amines) is 1. The molecule has 1 aromatic carbocycles. The average molecular weight is 290 g/mol. The van der Waals surface area contributed by atoms with Gasteiger partial charge in [-0.1, -0.05) is 43.7 Å². The highest BCUT2D eigenvalue weighted by molar-refractivity contribution is 5.25. The predicted octanol–water partition coefficient (Wildman–Crippen LogP) is 3.00. The van der Waals surface area contributed by atoms with Crippen molar-refractivity contribution < 1.29 is 4.74 Å². The van der Waals surface area contributed by atoms with Crippen LogP contribution in [0.1, 0.15) is 37.4 Å². The molecule has 1 aliphatic rings. The van der Waals surface area contributed by atoms with Gasteiger partial charge in [0.05, 0.1) is 6.10 Å². The summed E-state index contributed by atoms with van der Waals surface area (Å²) in [5, 5.41) is 3.63. The van der Waals surface area contributed by atoms with Crippen molar-refractivity contribution in [3.8, 4) is 0 Å². The summed E-state index contributed by atoms with van der Waals surface area (Å²) >= 11 is 0. The topological polar surface area (TPSA) is 24.5 Å². The second-order valence-electron chi connectivity index (χ2n) is 6.32. The molecule has 3 heteroatoms. The van der Waals surface area contributed by atoms with Crippen LogP contribution < -0.4 is 5.32 Å². The zero-order valence-electron chi connectivity index (χ0n) is 13.9. The lowest BCUT2D eigenvalue weighted by Crippen LogP contribution is -2.46. The number of nitrogens with zero attached hydrogens (tertiary/aromatic N) is 1. The number of piperidine rings is 1. The summed E-state index contributed by atoms with van der Waals surface area (Å²) in [5.41, 5.74) is 2.72. The average Bonchev–Trinajstić information content (AvgIpc) is 2.48. The Morgan fingerprint density at radius 1 is 1.43 bits per heavy atom. The summed E-state index contributed by atoms with van der Waals surface area (Å²) in [5.74, 6) is 0.669. The molecule has 0 radical (unpaired) electrons. The van der Waals surface area contributed by atoms with Crippen LogP contribution >= 0.6 is 0 Å². The molecular formula is C18H30N2O. The van der Waals surface area contributed by atoms with Crippen molar-refractivity contribution in [1.29, 1.82) is 0 Å². The molecular weight excluding hydrogens is 260 g/mol. The second kappa shape index (κ2) is 7.92. The van der Waals surface area contributed by atoms with E-state index in [1.807, 2.05) is 7.11 Å². The highest BCUT2D eigenvalue weighted by atomic mass is 16.5. The Kier molecular flexibility index (Phi) is 6.22. The van der Waals surface area contributed by atoms with Crippen LogP contribution in [0.2, 0.25) is 0 Å². The number of ether oxygens (including phenoxy) is 1. The first-order valence-corrected chi connectivity index (χ1v) is 8.19. The van der Waals surface area contributed by atoms with Crippen LogP contribution in [-0.4, -0.2) is 44.3 Å². The van der Waals surface area contributed by atoms with Crippen molar-refractivity contribution in [2.45, 2.75) is 39.3 Å². The number of rotatable bonds is 6. The minimum Gasteiger partial charge on any atom is -0.380 e. The summed E-state index contributed by atoms with van der Waals surface area (Å²) in [7, 11) is 1.84. The van der Waals surface area contributed by atoms with E-state index in [0.717, 1.165) is 19.6 Å². The van der Waals surface area contributed by atoms with E-state index in [1.54, 1.807) is 0 Å². The minimum absolute atomic E-state index is 0.374. The van der Waals surface area contributed by atoms with Crippen molar-refractivity contribution in [2.75, 3.05) is 33.3 Å². The van der Waals surface area contributed by atoms with Gasteiger partial charge in [-0.25, -0.2) is 0 Å². The Morgan fingerprint density at radius 3 is 2.90 bits per heavy atom. The van der Waals surface area contributed by atoms with Crippen LogP contribution in [0.25, 0.3) is 0 Å². The minimum atomic E-state index is 0.374. The third kappa shape index (κ3) is 4.53. The van der Waals surface area contributed by atoms with Gasteiger partial charge < -0.3 is 10.1 Å². The molecule has 118 valence electrons. The standard InChI is InChI=1S/C18H30N2O/c1-5-19-17(16-8-6-7-14(2)11-16)12-20-10-9-15(3)18(13-20)21-4/h6-8,11,15,17-19H,5,9-10,12-13H2,1-4H3. The number of aryl methyl sites for hydroxylation is 1. The molecule has 1 saturated heterocycles. The summed E-state index contributed by atoms with van der Waals surface area (Å²) in [6.07, 6.45) is 1.60. The monoisotopic (exact) mass is 290 g/mol. The Hall–Kier alpha value is -0.900. The zero-order chi connectivity index (χ0) is 15.2. The molecule has 0 aromatic heterocycles. The van der Waals surface area contributed by atoms with Gasteiger partial charge in [0.1, 0.15) is 0 Å². The van der Waals surface area contributed by atoms with Gasteiger partial charge >= 0.3 is 0 Å². The molecule has 0 aliphatic carbocycles. The molecule has 1 N–H and O–H groups in total. The number of hydrogen-bond donors (Lipinski definition) is 1. The van der Waals surface area contributed by atoms with Gasteiger partial charge in [-0.05, 0) is 37.9 Å². The number of hydrogen-bond acceptors (Lipinski definition) is 3. The molecule has 1 fully saturated rings. The lowest BCUT2D eigenvalue weighted by molar-refractivity contribution is -0.00745. The lowest BCUT2D eigenvalue weighted by atomic mass is 9.94. The Labute approximate surface area is 129 Å². The fraction of sp³-hybridized carbons (Fsp3) is 0.667. The van der Waals surface area contributed by atoms with Gasteiger partial charge in [-0.2, -0.15) is 0 Å². The SMILES string of the molecule is CCNC(CN1CCC(C)C(OC)C1)c1cccc(C)c1. The molecule has 21 heavy (non-hydrogen) atoms. The predicted molar refractivity (Wildman–Crippen MR) is 88.6 cm³/mol. The van der Waals surface area contributed by atoms with Crippen molar-refractivity contribution in [1.82, 2.24) is 10.2 Å². The second-order valence-corrected chi connectivity index (χ2v) is 6.32. The Bertz CT molecular complexity index is 435. The van der Waals surface area contributed by atoms with E-state index in [2.05, 4.69) is 55.3 Å². The quantitative estimate of drug-likeness (QED) is 0.871.